The van der Waals surface area contributed by atoms with Gasteiger partial charge in [0.2, 0.25) is 10.0 Å². The Balaban J connectivity index is 2.50. The average Bonchev–Trinajstić information content (AvgIpc) is 2.33. The maximum Gasteiger partial charge on any atom is 0.232 e. The van der Waals surface area contributed by atoms with Crippen molar-refractivity contribution < 1.29 is 12.8 Å². The average molecular weight is 302 g/mol. The summed E-state index contributed by atoms with van der Waals surface area (Å²) in [6.45, 7) is 6.54. The molecule has 0 radical (unpaired) electrons. The number of anilines is 1. The second kappa shape index (κ2) is 7.59. The van der Waals surface area contributed by atoms with Gasteiger partial charge < -0.3 is 5.32 Å². The Kier molecular flexibility index (Phi) is 6.42. The van der Waals surface area contributed by atoms with Gasteiger partial charge in [0.1, 0.15) is 5.82 Å². The lowest BCUT2D eigenvalue weighted by molar-refractivity contribution is 0.560. The fourth-order valence-electron chi connectivity index (χ4n) is 1.78. The van der Waals surface area contributed by atoms with E-state index in [2.05, 4.69) is 10.0 Å². The summed E-state index contributed by atoms with van der Waals surface area (Å²) < 4.78 is 39.7. The molecule has 1 rings (SSSR count). The van der Waals surface area contributed by atoms with Crippen LogP contribution in [0.4, 0.5) is 10.1 Å². The third kappa shape index (κ3) is 5.88. The zero-order valence-corrected chi connectivity index (χ0v) is 13.1. The van der Waals surface area contributed by atoms with Crippen LogP contribution in [0.3, 0.4) is 0 Å². The molecule has 0 saturated carbocycles. The summed E-state index contributed by atoms with van der Waals surface area (Å²) in [5.41, 5.74) is 0.628. The highest BCUT2D eigenvalue weighted by molar-refractivity contribution is 7.92. The summed E-state index contributed by atoms with van der Waals surface area (Å²) in [5, 5.41) is 3.22. The Morgan fingerprint density at radius 3 is 2.55 bits per heavy atom. The highest BCUT2D eigenvalue weighted by atomic mass is 32.2. The number of rotatable bonds is 8. The third-order valence-corrected chi connectivity index (χ3v) is 4.21. The van der Waals surface area contributed by atoms with Crippen LogP contribution < -0.4 is 10.0 Å². The predicted octanol–water partition coefficient (Wildman–Crippen LogP) is 2.65. The Morgan fingerprint density at radius 1 is 1.25 bits per heavy atom. The van der Waals surface area contributed by atoms with Gasteiger partial charge in [0.05, 0.1) is 11.4 Å². The Morgan fingerprint density at radius 2 is 1.95 bits per heavy atom. The van der Waals surface area contributed by atoms with Gasteiger partial charge in [-0.05, 0) is 37.9 Å². The maximum absolute atomic E-state index is 13.6. The highest BCUT2D eigenvalue weighted by Crippen LogP contribution is 2.20. The largest absolute Gasteiger partial charge is 0.315 e. The van der Waals surface area contributed by atoms with Crippen LogP contribution in [0.15, 0.2) is 18.2 Å². The molecule has 4 nitrogen and oxygen atoms in total. The minimum absolute atomic E-state index is 0.000545. The van der Waals surface area contributed by atoms with Gasteiger partial charge in [-0.2, -0.15) is 0 Å². The van der Waals surface area contributed by atoms with Gasteiger partial charge in [-0.15, -0.1) is 0 Å². The van der Waals surface area contributed by atoms with Gasteiger partial charge in [0.25, 0.3) is 0 Å². The van der Waals surface area contributed by atoms with E-state index in [1.165, 1.54) is 6.07 Å². The number of unbranched alkanes of at least 4 members (excludes halogenated alkanes) is 1. The number of aryl methyl sites for hydroxylation is 1. The van der Waals surface area contributed by atoms with Crippen LogP contribution in [0.25, 0.3) is 0 Å². The van der Waals surface area contributed by atoms with Crippen molar-refractivity contribution in [3.8, 4) is 0 Å². The molecule has 0 atom stereocenters. The summed E-state index contributed by atoms with van der Waals surface area (Å²) in [6.07, 6.45) is 1.32. The van der Waals surface area contributed by atoms with Crippen LogP contribution in [0.1, 0.15) is 32.3 Å². The van der Waals surface area contributed by atoms with Gasteiger partial charge in [-0.3, -0.25) is 4.72 Å². The first-order valence-corrected chi connectivity index (χ1v) is 8.46. The minimum atomic E-state index is -3.50. The first kappa shape index (κ1) is 16.9. The first-order chi connectivity index (χ1) is 9.32. The van der Waals surface area contributed by atoms with Crippen LogP contribution in [0.2, 0.25) is 0 Å². The zero-order valence-electron chi connectivity index (χ0n) is 12.2. The molecule has 114 valence electrons. The molecular weight excluding hydrogens is 279 g/mol. The van der Waals surface area contributed by atoms with Crippen molar-refractivity contribution >= 4 is 15.7 Å². The lowest BCUT2D eigenvalue weighted by Crippen LogP contribution is -2.24. The second-order valence-electron chi connectivity index (χ2n) is 5.17. The lowest BCUT2D eigenvalue weighted by Gasteiger charge is -2.12. The van der Waals surface area contributed by atoms with E-state index in [1.807, 2.05) is 13.8 Å². The van der Waals surface area contributed by atoms with Crippen LogP contribution in [-0.2, 0) is 10.0 Å². The summed E-state index contributed by atoms with van der Waals surface area (Å²) in [7, 11) is -3.50. The van der Waals surface area contributed by atoms with E-state index in [-0.39, 0.29) is 11.4 Å². The minimum Gasteiger partial charge on any atom is -0.315 e. The molecule has 6 heteroatoms. The summed E-state index contributed by atoms with van der Waals surface area (Å²) in [5.74, 6) is -0.546. The van der Waals surface area contributed by atoms with E-state index in [9.17, 15) is 12.8 Å². The van der Waals surface area contributed by atoms with Crippen LogP contribution in [-0.4, -0.2) is 26.8 Å². The van der Waals surface area contributed by atoms with Crippen molar-refractivity contribution in [1.29, 1.82) is 0 Å². The predicted molar refractivity (Wildman–Crippen MR) is 80.9 cm³/mol. The van der Waals surface area contributed by atoms with E-state index in [4.69, 9.17) is 0 Å². The van der Waals surface area contributed by atoms with Gasteiger partial charge in [0, 0.05) is 6.04 Å². The lowest BCUT2D eigenvalue weighted by atomic mass is 10.2. The molecule has 0 aliphatic heterocycles. The van der Waals surface area contributed by atoms with E-state index in [1.54, 1.807) is 19.1 Å². The van der Waals surface area contributed by atoms with Gasteiger partial charge in [-0.1, -0.05) is 26.0 Å². The van der Waals surface area contributed by atoms with E-state index in [0.29, 0.717) is 18.0 Å². The van der Waals surface area contributed by atoms with Crippen molar-refractivity contribution in [2.75, 3.05) is 17.0 Å². The molecule has 0 heterocycles. The summed E-state index contributed by atoms with van der Waals surface area (Å²) in [4.78, 5) is 0. The van der Waals surface area contributed by atoms with Gasteiger partial charge >= 0.3 is 0 Å². The number of hydrogen-bond acceptors (Lipinski definition) is 3. The van der Waals surface area contributed by atoms with Gasteiger partial charge in [-0.25, -0.2) is 12.8 Å². The molecular formula is C14H23FN2O2S. The third-order valence-electron chi connectivity index (χ3n) is 2.87. The molecule has 0 fully saturated rings. The Hall–Kier alpha value is -1.14. The van der Waals surface area contributed by atoms with E-state index >= 15 is 0 Å². The standard InChI is InChI=1S/C14H23FN2O2S/c1-11(2)16-9-4-5-10-20(18,19)17-14-12(3)7-6-8-13(14)15/h6-8,11,16-17H,4-5,9-10H2,1-3H3. The van der Waals surface area contributed by atoms with Crippen LogP contribution >= 0.6 is 0 Å². The molecule has 0 aromatic heterocycles. The first-order valence-electron chi connectivity index (χ1n) is 6.81. The van der Waals surface area contributed by atoms with Crippen molar-refractivity contribution in [3.63, 3.8) is 0 Å². The zero-order chi connectivity index (χ0) is 15.2. The second-order valence-corrected chi connectivity index (χ2v) is 7.01. The highest BCUT2D eigenvalue weighted by Gasteiger charge is 2.14. The monoisotopic (exact) mass is 302 g/mol. The van der Waals surface area contributed by atoms with E-state index < -0.39 is 15.8 Å². The fourth-order valence-corrected chi connectivity index (χ4v) is 3.03. The quantitative estimate of drug-likeness (QED) is 0.726. The van der Waals surface area contributed by atoms with Crippen molar-refractivity contribution in [2.24, 2.45) is 0 Å². The van der Waals surface area contributed by atoms with Crippen molar-refractivity contribution in [1.82, 2.24) is 5.32 Å². The molecule has 0 spiro atoms. The fraction of sp³-hybridized carbons (Fsp3) is 0.571. The summed E-state index contributed by atoms with van der Waals surface area (Å²) in [6, 6.07) is 4.87. The molecule has 1 aromatic carbocycles. The topological polar surface area (TPSA) is 58.2 Å². The van der Waals surface area contributed by atoms with Gasteiger partial charge in [0.15, 0.2) is 0 Å². The van der Waals surface area contributed by atoms with Crippen LogP contribution in [0.5, 0.6) is 0 Å². The Bertz CT molecular complexity index is 510. The smallest absolute Gasteiger partial charge is 0.232 e. The molecule has 0 saturated heterocycles. The van der Waals surface area contributed by atoms with E-state index in [0.717, 1.165) is 13.0 Å². The molecule has 0 amide bonds. The number of sulfonamides is 1. The number of halogens is 1. The van der Waals surface area contributed by atoms with Crippen LogP contribution in [0, 0.1) is 12.7 Å². The molecule has 0 aliphatic carbocycles. The summed E-state index contributed by atoms with van der Waals surface area (Å²) >= 11 is 0. The molecule has 0 unspecified atom stereocenters. The molecule has 0 bridgehead atoms. The molecule has 20 heavy (non-hydrogen) atoms. The SMILES string of the molecule is Cc1cccc(F)c1NS(=O)(=O)CCCCNC(C)C. The normalized spacial score (nSPS) is 11.8. The molecule has 2 N–H and O–H groups in total. The Labute approximate surface area is 120 Å². The van der Waals surface area contributed by atoms with Crippen molar-refractivity contribution in [3.05, 3.63) is 29.6 Å². The van der Waals surface area contributed by atoms with Crippen molar-refractivity contribution in [2.45, 2.75) is 39.7 Å². The number of nitrogens with one attached hydrogen (secondary N) is 2. The molecule has 0 aliphatic rings. The molecule has 1 aromatic rings. The maximum atomic E-state index is 13.6. The number of para-hydroxylation sites is 1. The number of hydrogen-bond donors (Lipinski definition) is 2. The number of benzene rings is 1.